The predicted octanol–water partition coefficient (Wildman–Crippen LogP) is 1.79. The monoisotopic (exact) mass is 239 g/mol. The van der Waals surface area contributed by atoms with E-state index in [0.717, 1.165) is 12.8 Å². The molecule has 3 nitrogen and oxygen atoms in total. The number of nitrogens with one attached hydrogen (secondary N) is 1. The zero-order chi connectivity index (χ0) is 12.5. The van der Waals surface area contributed by atoms with Crippen LogP contribution in [0.15, 0.2) is 18.2 Å². The Morgan fingerprint density at radius 1 is 1.53 bits per heavy atom. The summed E-state index contributed by atoms with van der Waals surface area (Å²) in [6.45, 7) is 1.93. The van der Waals surface area contributed by atoms with E-state index in [2.05, 4.69) is 5.32 Å². The first-order valence-electron chi connectivity index (χ1n) is 5.83. The van der Waals surface area contributed by atoms with Gasteiger partial charge in [-0.3, -0.25) is 0 Å². The molecule has 1 fully saturated rings. The predicted molar refractivity (Wildman–Crippen MR) is 63.5 cm³/mol. The van der Waals surface area contributed by atoms with E-state index in [1.54, 1.807) is 19.1 Å². The fourth-order valence-corrected chi connectivity index (χ4v) is 1.92. The second-order valence-corrected chi connectivity index (χ2v) is 4.75. The summed E-state index contributed by atoms with van der Waals surface area (Å²) >= 11 is 0. The highest BCUT2D eigenvalue weighted by Gasteiger charge is 2.32. The molecule has 0 spiro atoms. The Bertz CT molecular complexity index is 402. The lowest BCUT2D eigenvalue weighted by atomic mass is 9.94. The van der Waals surface area contributed by atoms with Crippen molar-refractivity contribution in [1.82, 2.24) is 5.32 Å². The number of benzene rings is 1. The molecule has 0 aliphatic heterocycles. The van der Waals surface area contributed by atoms with Crippen LogP contribution < -0.4 is 10.1 Å². The van der Waals surface area contributed by atoms with E-state index in [4.69, 9.17) is 4.74 Å². The third kappa shape index (κ3) is 2.76. The van der Waals surface area contributed by atoms with Gasteiger partial charge in [-0.25, -0.2) is 4.39 Å². The van der Waals surface area contributed by atoms with E-state index < -0.39 is 11.4 Å². The Morgan fingerprint density at radius 2 is 2.24 bits per heavy atom. The lowest BCUT2D eigenvalue weighted by Gasteiger charge is -2.26. The first-order valence-corrected chi connectivity index (χ1v) is 5.83. The van der Waals surface area contributed by atoms with Gasteiger partial charge >= 0.3 is 0 Å². The maximum absolute atomic E-state index is 13.8. The SMILES string of the molecule is COc1cccc(F)c1C(C)(O)CNC1CC1. The van der Waals surface area contributed by atoms with Crippen molar-refractivity contribution < 1.29 is 14.2 Å². The molecule has 0 amide bonds. The van der Waals surface area contributed by atoms with Gasteiger partial charge in [-0.05, 0) is 31.9 Å². The average molecular weight is 239 g/mol. The number of methoxy groups -OCH3 is 1. The summed E-state index contributed by atoms with van der Waals surface area (Å²) in [7, 11) is 1.47. The van der Waals surface area contributed by atoms with Gasteiger partial charge in [-0.1, -0.05) is 6.07 Å². The molecule has 2 N–H and O–H groups in total. The highest BCUT2D eigenvalue weighted by molar-refractivity contribution is 5.39. The molecule has 1 aromatic rings. The molecule has 0 aromatic heterocycles. The van der Waals surface area contributed by atoms with Crippen LogP contribution in [-0.2, 0) is 5.60 Å². The normalized spacial score (nSPS) is 18.8. The summed E-state index contributed by atoms with van der Waals surface area (Å²) in [5, 5.41) is 13.6. The van der Waals surface area contributed by atoms with Crippen LogP contribution in [-0.4, -0.2) is 24.8 Å². The van der Waals surface area contributed by atoms with Gasteiger partial charge in [0.05, 0.1) is 12.7 Å². The van der Waals surface area contributed by atoms with Crippen molar-refractivity contribution in [2.75, 3.05) is 13.7 Å². The van der Waals surface area contributed by atoms with Gasteiger partial charge in [0.25, 0.3) is 0 Å². The number of ether oxygens (including phenoxy) is 1. The number of aliphatic hydroxyl groups is 1. The molecule has 0 heterocycles. The van der Waals surface area contributed by atoms with Gasteiger partial charge < -0.3 is 15.2 Å². The van der Waals surface area contributed by atoms with Crippen LogP contribution in [0.3, 0.4) is 0 Å². The van der Waals surface area contributed by atoms with E-state index in [9.17, 15) is 9.50 Å². The van der Waals surface area contributed by atoms with Crippen LogP contribution in [0.4, 0.5) is 4.39 Å². The van der Waals surface area contributed by atoms with Gasteiger partial charge in [0, 0.05) is 12.6 Å². The molecule has 1 atom stereocenters. The number of rotatable bonds is 5. The molecule has 0 radical (unpaired) electrons. The third-order valence-corrected chi connectivity index (χ3v) is 3.05. The van der Waals surface area contributed by atoms with E-state index in [1.807, 2.05) is 0 Å². The van der Waals surface area contributed by atoms with E-state index in [1.165, 1.54) is 13.2 Å². The molecule has 4 heteroatoms. The molecule has 94 valence electrons. The molecule has 1 saturated carbocycles. The average Bonchev–Trinajstić information content (AvgIpc) is 3.09. The fourth-order valence-electron chi connectivity index (χ4n) is 1.92. The Labute approximate surface area is 101 Å². The summed E-state index contributed by atoms with van der Waals surface area (Å²) in [6.07, 6.45) is 2.26. The standard InChI is InChI=1S/C13H18FNO2/c1-13(16,8-15-9-6-7-9)12-10(14)4-3-5-11(12)17-2/h3-5,9,15-16H,6-8H2,1-2H3. The summed E-state index contributed by atoms with van der Waals surface area (Å²) in [6, 6.07) is 5.04. The van der Waals surface area contributed by atoms with Gasteiger partial charge in [0.1, 0.15) is 17.2 Å². The van der Waals surface area contributed by atoms with Crippen molar-refractivity contribution in [2.24, 2.45) is 0 Å². The summed E-state index contributed by atoms with van der Waals surface area (Å²) in [5.41, 5.74) is -1.05. The van der Waals surface area contributed by atoms with Crippen molar-refractivity contribution in [2.45, 2.75) is 31.4 Å². The Balaban J connectivity index is 2.22. The van der Waals surface area contributed by atoms with Crippen molar-refractivity contribution in [3.05, 3.63) is 29.6 Å². The number of halogens is 1. The Morgan fingerprint density at radius 3 is 2.82 bits per heavy atom. The smallest absolute Gasteiger partial charge is 0.133 e. The molecular weight excluding hydrogens is 221 g/mol. The highest BCUT2D eigenvalue weighted by Crippen LogP contribution is 2.32. The molecule has 0 saturated heterocycles. The topological polar surface area (TPSA) is 41.5 Å². The lowest BCUT2D eigenvalue weighted by Crippen LogP contribution is -2.37. The molecule has 1 aromatic carbocycles. The van der Waals surface area contributed by atoms with E-state index in [-0.39, 0.29) is 5.56 Å². The van der Waals surface area contributed by atoms with Gasteiger partial charge in [0.2, 0.25) is 0 Å². The molecular formula is C13H18FNO2. The minimum Gasteiger partial charge on any atom is -0.496 e. The van der Waals surface area contributed by atoms with Gasteiger partial charge in [0.15, 0.2) is 0 Å². The largest absolute Gasteiger partial charge is 0.496 e. The maximum Gasteiger partial charge on any atom is 0.133 e. The van der Waals surface area contributed by atoms with Crippen molar-refractivity contribution >= 4 is 0 Å². The second-order valence-electron chi connectivity index (χ2n) is 4.75. The number of hydrogen-bond acceptors (Lipinski definition) is 3. The van der Waals surface area contributed by atoms with Crippen LogP contribution in [0, 0.1) is 5.82 Å². The highest BCUT2D eigenvalue weighted by atomic mass is 19.1. The van der Waals surface area contributed by atoms with Crippen LogP contribution in [0.25, 0.3) is 0 Å². The van der Waals surface area contributed by atoms with Crippen LogP contribution >= 0.6 is 0 Å². The molecule has 2 rings (SSSR count). The third-order valence-electron chi connectivity index (χ3n) is 3.05. The molecule has 1 unspecified atom stereocenters. The summed E-state index contributed by atoms with van der Waals surface area (Å²) in [4.78, 5) is 0. The van der Waals surface area contributed by atoms with Crippen molar-refractivity contribution in [3.63, 3.8) is 0 Å². The second kappa shape index (κ2) is 4.63. The Kier molecular flexibility index (Phi) is 3.35. The quantitative estimate of drug-likeness (QED) is 0.823. The molecule has 17 heavy (non-hydrogen) atoms. The van der Waals surface area contributed by atoms with Crippen molar-refractivity contribution in [3.8, 4) is 5.75 Å². The van der Waals surface area contributed by atoms with E-state index >= 15 is 0 Å². The maximum atomic E-state index is 13.8. The van der Waals surface area contributed by atoms with Crippen molar-refractivity contribution in [1.29, 1.82) is 0 Å². The van der Waals surface area contributed by atoms with Crippen LogP contribution in [0.1, 0.15) is 25.3 Å². The summed E-state index contributed by atoms with van der Waals surface area (Å²) < 4.78 is 18.9. The molecule has 1 aliphatic carbocycles. The lowest BCUT2D eigenvalue weighted by molar-refractivity contribution is 0.0501. The van der Waals surface area contributed by atoms with Crippen LogP contribution in [0.2, 0.25) is 0 Å². The molecule has 1 aliphatic rings. The first kappa shape index (κ1) is 12.3. The zero-order valence-corrected chi connectivity index (χ0v) is 10.2. The number of hydrogen-bond donors (Lipinski definition) is 2. The molecule has 0 bridgehead atoms. The Hall–Kier alpha value is -1.13. The van der Waals surface area contributed by atoms with Gasteiger partial charge in [-0.2, -0.15) is 0 Å². The minimum atomic E-state index is -1.26. The van der Waals surface area contributed by atoms with Gasteiger partial charge in [-0.15, -0.1) is 0 Å². The fraction of sp³-hybridized carbons (Fsp3) is 0.538. The van der Waals surface area contributed by atoms with E-state index in [0.29, 0.717) is 18.3 Å². The summed E-state index contributed by atoms with van der Waals surface area (Å²) in [5.74, 6) is -0.0560. The zero-order valence-electron chi connectivity index (χ0n) is 10.2. The minimum absolute atomic E-state index is 0.218. The first-order chi connectivity index (χ1) is 8.04. The van der Waals surface area contributed by atoms with Crippen LogP contribution in [0.5, 0.6) is 5.75 Å².